The van der Waals surface area contributed by atoms with Gasteiger partial charge in [-0.05, 0) is 39.3 Å². The SMILES string of the molecule is [C-]#[N+]c1ccc(-c2nnc(N[C@@H]3CCCN(CC(C)(C)O)C3)c3ccccc23)c(O)c1. The zero-order valence-corrected chi connectivity index (χ0v) is 17.8. The van der Waals surface area contributed by atoms with E-state index in [9.17, 15) is 10.2 Å². The minimum absolute atomic E-state index is 0.0169. The topological polar surface area (TPSA) is 85.9 Å². The van der Waals surface area contributed by atoms with Crippen LogP contribution in [0.15, 0.2) is 42.5 Å². The Balaban J connectivity index is 1.64. The molecule has 1 atom stereocenters. The lowest BCUT2D eigenvalue weighted by atomic mass is 10.0. The Bertz CT molecular complexity index is 1130. The first kappa shape index (κ1) is 21.0. The summed E-state index contributed by atoms with van der Waals surface area (Å²) in [6, 6.07) is 12.9. The van der Waals surface area contributed by atoms with Crippen molar-refractivity contribution in [3.8, 4) is 17.0 Å². The van der Waals surface area contributed by atoms with Gasteiger partial charge in [-0.2, -0.15) is 0 Å². The van der Waals surface area contributed by atoms with Crippen molar-refractivity contribution in [2.75, 3.05) is 25.0 Å². The van der Waals surface area contributed by atoms with Crippen LogP contribution in [-0.2, 0) is 0 Å². The molecular weight excluding hydrogens is 390 g/mol. The number of likely N-dealkylation sites (tertiary alicyclic amines) is 1. The first-order valence-electron chi connectivity index (χ1n) is 10.5. The third-order valence-corrected chi connectivity index (χ3v) is 5.51. The van der Waals surface area contributed by atoms with Gasteiger partial charge in [0.1, 0.15) is 11.4 Å². The number of aliphatic hydroxyl groups is 1. The van der Waals surface area contributed by atoms with E-state index >= 15 is 0 Å². The minimum atomic E-state index is -0.721. The molecule has 3 N–H and O–H groups in total. The summed E-state index contributed by atoms with van der Waals surface area (Å²) < 4.78 is 0. The number of aromatic nitrogens is 2. The third-order valence-electron chi connectivity index (χ3n) is 5.51. The fourth-order valence-electron chi connectivity index (χ4n) is 4.26. The fraction of sp³-hybridized carbons (Fsp3) is 0.375. The lowest BCUT2D eigenvalue weighted by Gasteiger charge is -2.36. The number of β-amino-alcohol motifs (C(OH)–C–C–N with tert-alkyl or cyclic N) is 1. The number of piperidine rings is 1. The van der Waals surface area contributed by atoms with Gasteiger partial charge < -0.3 is 15.5 Å². The molecule has 2 aromatic carbocycles. The highest BCUT2D eigenvalue weighted by molar-refractivity contribution is 6.01. The number of hydrogen-bond acceptors (Lipinski definition) is 6. The molecule has 0 aliphatic carbocycles. The number of nitrogens with zero attached hydrogens (tertiary/aromatic N) is 4. The summed E-state index contributed by atoms with van der Waals surface area (Å²) in [5.74, 6) is 0.731. The van der Waals surface area contributed by atoms with Crippen LogP contribution in [0.25, 0.3) is 26.9 Å². The monoisotopic (exact) mass is 417 g/mol. The molecule has 3 aromatic rings. The Kier molecular flexibility index (Phi) is 5.77. The molecule has 0 unspecified atom stereocenters. The molecule has 1 saturated heterocycles. The summed E-state index contributed by atoms with van der Waals surface area (Å²) >= 11 is 0. The maximum absolute atomic E-state index is 10.4. The van der Waals surface area contributed by atoms with Crippen molar-refractivity contribution < 1.29 is 10.2 Å². The summed E-state index contributed by atoms with van der Waals surface area (Å²) in [6.45, 7) is 13.2. The van der Waals surface area contributed by atoms with Gasteiger partial charge in [0.25, 0.3) is 0 Å². The van der Waals surface area contributed by atoms with Crippen molar-refractivity contribution in [2.24, 2.45) is 0 Å². The van der Waals surface area contributed by atoms with E-state index < -0.39 is 5.60 Å². The Hall–Kier alpha value is -3.21. The van der Waals surface area contributed by atoms with E-state index in [4.69, 9.17) is 6.57 Å². The predicted molar refractivity (Wildman–Crippen MR) is 122 cm³/mol. The van der Waals surface area contributed by atoms with E-state index in [2.05, 4.69) is 25.3 Å². The Morgan fingerprint density at radius 1 is 1.19 bits per heavy atom. The van der Waals surface area contributed by atoms with E-state index in [-0.39, 0.29) is 11.8 Å². The van der Waals surface area contributed by atoms with E-state index in [1.54, 1.807) is 12.1 Å². The van der Waals surface area contributed by atoms with Crippen LogP contribution in [0.4, 0.5) is 11.5 Å². The average molecular weight is 418 g/mol. The zero-order chi connectivity index (χ0) is 22.0. The van der Waals surface area contributed by atoms with Crippen molar-refractivity contribution >= 4 is 22.3 Å². The Labute approximate surface area is 182 Å². The number of hydrogen-bond donors (Lipinski definition) is 3. The van der Waals surface area contributed by atoms with Gasteiger partial charge >= 0.3 is 0 Å². The third kappa shape index (κ3) is 4.76. The molecule has 0 bridgehead atoms. The number of anilines is 1. The molecule has 7 heteroatoms. The van der Waals surface area contributed by atoms with E-state index in [0.717, 1.165) is 36.7 Å². The molecule has 1 aliphatic heterocycles. The van der Waals surface area contributed by atoms with Gasteiger partial charge in [-0.3, -0.25) is 4.90 Å². The molecule has 2 heterocycles. The lowest BCUT2D eigenvalue weighted by molar-refractivity contribution is 0.0286. The van der Waals surface area contributed by atoms with Gasteiger partial charge in [-0.15, -0.1) is 10.2 Å². The average Bonchev–Trinajstić information content (AvgIpc) is 2.73. The number of aromatic hydroxyl groups is 1. The molecule has 31 heavy (non-hydrogen) atoms. The molecule has 1 aromatic heterocycles. The van der Waals surface area contributed by atoms with Crippen LogP contribution >= 0.6 is 0 Å². The standard InChI is InChI=1S/C24H27N5O2/c1-24(2,31)15-29-12-6-7-17(14-29)26-23-19-9-5-4-8-18(19)22(27-28-23)20-11-10-16(25-3)13-21(20)30/h4-5,8-11,13,17,30-31H,6-7,12,14-15H2,1-2H3,(H,26,28)/t17-/m1/s1. The number of benzene rings is 2. The van der Waals surface area contributed by atoms with Crippen LogP contribution in [0, 0.1) is 6.57 Å². The second-order valence-corrected chi connectivity index (χ2v) is 8.79. The molecule has 0 amide bonds. The van der Waals surface area contributed by atoms with Crippen molar-refractivity contribution in [1.29, 1.82) is 0 Å². The quantitative estimate of drug-likeness (QED) is 0.540. The van der Waals surface area contributed by atoms with Gasteiger partial charge in [-0.25, -0.2) is 4.85 Å². The van der Waals surface area contributed by atoms with Gasteiger partial charge in [0, 0.05) is 35.5 Å². The highest BCUT2D eigenvalue weighted by atomic mass is 16.3. The summed E-state index contributed by atoms with van der Waals surface area (Å²) in [7, 11) is 0. The summed E-state index contributed by atoms with van der Waals surface area (Å²) in [4.78, 5) is 5.64. The molecule has 1 aliphatic rings. The van der Waals surface area contributed by atoms with Gasteiger partial charge in [-0.1, -0.05) is 36.4 Å². The Morgan fingerprint density at radius 2 is 1.97 bits per heavy atom. The molecule has 0 saturated carbocycles. The van der Waals surface area contributed by atoms with E-state index in [1.807, 2.05) is 38.1 Å². The van der Waals surface area contributed by atoms with Crippen molar-refractivity contribution in [3.63, 3.8) is 0 Å². The molecule has 0 radical (unpaired) electrons. The zero-order valence-electron chi connectivity index (χ0n) is 17.8. The second kappa shape index (κ2) is 8.50. The van der Waals surface area contributed by atoms with Crippen LogP contribution in [0.2, 0.25) is 0 Å². The van der Waals surface area contributed by atoms with Crippen molar-refractivity contribution in [1.82, 2.24) is 15.1 Å². The highest BCUT2D eigenvalue weighted by Gasteiger charge is 2.25. The highest BCUT2D eigenvalue weighted by Crippen LogP contribution is 2.36. The summed E-state index contributed by atoms with van der Waals surface area (Å²) in [6.07, 6.45) is 2.08. The summed E-state index contributed by atoms with van der Waals surface area (Å²) in [5.41, 5.74) is 0.796. The fourth-order valence-corrected chi connectivity index (χ4v) is 4.26. The minimum Gasteiger partial charge on any atom is -0.509 e. The smallest absolute Gasteiger partial charge is 0.190 e. The van der Waals surface area contributed by atoms with E-state index in [1.165, 1.54) is 6.07 Å². The Morgan fingerprint density at radius 3 is 2.68 bits per heavy atom. The number of phenols is 1. The first-order chi connectivity index (χ1) is 14.8. The first-order valence-corrected chi connectivity index (χ1v) is 10.5. The van der Waals surface area contributed by atoms with Gasteiger partial charge in [0.15, 0.2) is 11.5 Å². The molecule has 7 nitrogen and oxygen atoms in total. The number of phenolic OH excluding ortho intramolecular Hbond substituents is 1. The maximum Gasteiger partial charge on any atom is 0.190 e. The van der Waals surface area contributed by atoms with Crippen LogP contribution in [-0.4, -0.2) is 56.6 Å². The van der Waals surface area contributed by atoms with Crippen LogP contribution < -0.4 is 5.32 Å². The van der Waals surface area contributed by atoms with Crippen LogP contribution in [0.1, 0.15) is 26.7 Å². The predicted octanol–water partition coefficient (Wildman–Crippen LogP) is 4.20. The molecule has 160 valence electrons. The molecule has 4 rings (SSSR count). The second-order valence-electron chi connectivity index (χ2n) is 8.79. The molecular formula is C24H27N5O2. The van der Waals surface area contributed by atoms with Crippen molar-refractivity contribution in [3.05, 3.63) is 53.9 Å². The maximum atomic E-state index is 10.4. The van der Waals surface area contributed by atoms with Crippen LogP contribution in [0.3, 0.4) is 0 Å². The lowest BCUT2D eigenvalue weighted by Crippen LogP contribution is -2.47. The van der Waals surface area contributed by atoms with Gasteiger partial charge in [0.2, 0.25) is 0 Å². The normalized spacial score (nSPS) is 17.4. The summed E-state index contributed by atoms with van der Waals surface area (Å²) in [5, 5.41) is 34.9. The van der Waals surface area contributed by atoms with Crippen LogP contribution in [0.5, 0.6) is 5.75 Å². The van der Waals surface area contributed by atoms with E-state index in [0.29, 0.717) is 29.3 Å². The number of nitrogens with one attached hydrogen (secondary N) is 1. The largest absolute Gasteiger partial charge is 0.509 e. The number of rotatable bonds is 5. The molecule has 0 spiro atoms. The van der Waals surface area contributed by atoms with Gasteiger partial charge in [0.05, 0.1) is 12.2 Å². The molecule has 1 fully saturated rings. The number of fused-ring (bicyclic) bond motifs is 1. The van der Waals surface area contributed by atoms with Crippen molar-refractivity contribution in [2.45, 2.75) is 38.3 Å².